The lowest BCUT2D eigenvalue weighted by molar-refractivity contribution is -0.384. The van der Waals surface area contributed by atoms with Crippen molar-refractivity contribution in [1.29, 1.82) is 0 Å². The molecule has 0 heterocycles. The molecule has 108 valence electrons. The minimum absolute atomic E-state index is 0.0774. The van der Waals surface area contributed by atoms with Crippen molar-refractivity contribution in [2.24, 2.45) is 0 Å². The van der Waals surface area contributed by atoms with Gasteiger partial charge < -0.3 is 5.32 Å². The van der Waals surface area contributed by atoms with Crippen LogP contribution in [0.2, 0.25) is 5.02 Å². The van der Waals surface area contributed by atoms with Crippen molar-refractivity contribution < 1.29 is 9.72 Å². The Bertz CT molecular complexity index is 525. The summed E-state index contributed by atoms with van der Waals surface area (Å²) in [5, 5.41) is 13.7. The molecule has 0 aromatic heterocycles. The predicted octanol–water partition coefficient (Wildman–Crippen LogP) is 3.57. The number of benzene rings is 1. The summed E-state index contributed by atoms with van der Waals surface area (Å²) in [5.74, 6) is -0.212. The molecule has 0 bridgehead atoms. The molecule has 0 atom stereocenters. The molecule has 1 rings (SSSR count). The predicted molar refractivity (Wildman–Crippen MR) is 79.7 cm³/mol. The van der Waals surface area contributed by atoms with E-state index in [1.165, 1.54) is 24.3 Å². The van der Waals surface area contributed by atoms with Crippen LogP contribution in [0.15, 0.2) is 24.3 Å². The van der Waals surface area contributed by atoms with Crippen molar-refractivity contribution in [3.05, 3.63) is 45.0 Å². The van der Waals surface area contributed by atoms with Gasteiger partial charge in [-0.3, -0.25) is 14.9 Å². The Morgan fingerprint density at radius 1 is 1.45 bits per heavy atom. The number of nitro groups is 1. The van der Waals surface area contributed by atoms with Crippen LogP contribution in [-0.2, 0) is 4.79 Å². The monoisotopic (exact) mass is 296 g/mol. The van der Waals surface area contributed by atoms with Crippen molar-refractivity contribution in [1.82, 2.24) is 5.32 Å². The van der Waals surface area contributed by atoms with E-state index in [-0.39, 0.29) is 22.7 Å². The third-order valence-corrected chi connectivity index (χ3v) is 3.25. The summed E-state index contributed by atoms with van der Waals surface area (Å²) in [6.07, 6.45) is 4.62. The molecule has 20 heavy (non-hydrogen) atoms. The van der Waals surface area contributed by atoms with Crippen molar-refractivity contribution >= 4 is 29.3 Å². The maximum Gasteiger partial charge on any atom is 0.288 e. The highest BCUT2D eigenvalue weighted by Crippen LogP contribution is 2.25. The van der Waals surface area contributed by atoms with Crippen LogP contribution in [0.5, 0.6) is 0 Å². The molecule has 1 N–H and O–H groups in total. The fraction of sp³-hybridized carbons (Fsp3) is 0.357. The fourth-order valence-corrected chi connectivity index (χ4v) is 1.87. The lowest BCUT2D eigenvalue weighted by atomic mass is 10.1. The molecule has 1 aromatic carbocycles. The lowest BCUT2D eigenvalue weighted by Gasteiger charge is -2.12. The number of rotatable bonds is 6. The van der Waals surface area contributed by atoms with E-state index < -0.39 is 4.92 Å². The van der Waals surface area contributed by atoms with Gasteiger partial charge in [0.05, 0.1) is 4.92 Å². The zero-order valence-electron chi connectivity index (χ0n) is 11.4. The first kappa shape index (κ1) is 16.2. The van der Waals surface area contributed by atoms with Crippen LogP contribution in [-0.4, -0.2) is 16.9 Å². The van der Waals surface area contributed by atoms with E-state index in [1.54, 1.807) is 6.07 Å². The van der Waals surface area contributed by atoms with Gasteiger partial charge in [-0.05, 0) is 30.5 Å². The Hall–Kier alpha value is -1.88. The second kappa shape index (κ2) is 7.65. The second-order valence-corrected chi connectivity index (χ2v) is 4.73. The SMILES string of the molecule is CCC(CC)NC(=O)C=Cc1ccc(Cl)c([N+](=O)[O-])c1. The summed E-state index contributed by atoms with van der Waals surface area (Å²) < 4.78 is 0. The van der Waals surface area contributed by atoms with Crippen LogP contribution in [0.25, 0.3) is 6.08 Å². The van der Waals surface area contributed by atoms with E-state index in [1.807, 2.05) is 13.8 Å². The molecule has 0 fully saturated rings. The standard InChI is InChI=1S/C14H17ClN2O3/c1-3-11(4-2)16-14(18)8-6-10-5-7-12(15)13(9-10)17(19)20/h5-9,11H,3-4H2,1-2H3,(H,16,18). The highest BCUT2D eigenvalue weighted by molar-refractivity contribution is 6.32. The van der Waals surface area contributed by atoms with Crippen LogP contribution in [0.3, 0.4) is 0 Å². The summed E-state index contributed by atoms with van der Waals surface area (Å²) in [5.41, 5.74) is 0.384. The molecule has 0 saturated heterocycles. The van der Waals surface area contributed by atoms with Gasteiger partial charge in [-0.2, -0.15) is 0 Å². The highest BCUT2D eigenvalue weighted by Gasteiger charge is 2.12. The van der Waals surface area contributed by atoms with Crippen LogP contribution >= 0.6 is 11.6 Å². The molecule has 1 amide bonds. The number of carbonyl (C=O) groups is 1. The maximum absolute atomic E-state index is 11.7. The Labute approximate surface area is 122 Å². The van der Waals surface area contributed by atoms with E-state index >= 15 is 0 Å². The van der Waals surface area contributed by atoms with Crippen molar-refractivity contribution in [2.45, 2.75) is 32.7 Å². The molecule has 0 spiro atoms. The zero-order chi connectivity index (χ0) is 15.1. The average molecular weight is 297 g/mol. The van der Waals surface area contributed by atoms with Crippen LogP contribution in [0, 0.1) is 10.1 Å². The maximum atomic E-state index is 11.7. The van der Waals surface area contributed by atoms with Gasteiger partial charge in [-0.15, -0.1) is 0 Å². The minimum atomic E-state index is -0.552. The van der Waals surface area contributed by atoms with E-state index in [0.29, 0.717) is 5.56 Å². The van der Waals surface area contributed by atoms with Gasteiger partial charge in [0.25, 0.3) is 5.69 Å². The van der Waals surface area contributed by atoms with Gasteiger partial charge in [0.15, 0.2) is 0 Å². The summed E-state index contributed by atoms with van der Waals surface area (Å²) in [7, 11) is 0. The number of hydrogen-bond acceptors (Lipinski definition) is 3. The minimum Gasteiger partial charge on any atom is -0.350 e. The molecule has 0 aliphatic rings. The van der Waals surface area contributed by atoms with Crippen LogP contribution in [0.4, 0.5) is 5.69 Å². The Kier molecular flexibility index (Phi) is 6.18. The molecule has 0 unspecified atom stereocenters. The summed E-state index contributed by atoms with van der Waals surface area (Å²) in [6.45, 7) is 4.00. The smallest absolute Gasteiger partial charge is 0.288 e. The zero-order valence-corrected chi connectivity index (χ0v) is 12.2. The first-order valence-corrected chi connectivity index (χ1v) is 6.78. The van der Waals surface area contributed by atoms with Gasteiger partial charge in [0.2, 0.25) is 5.91 Å². The average Bonchev–Trinajstić information content (AvgIpc) is 2.43. The first-order valence-electron chi connectivity index (χ1n) is 6.40. The number of hydrogen-bond donors (Lipinski definition) is 1. The Morgan fingerprint density at radius 2 is 2.10 bits per heavy atom. The van der Waals surface area contributed by atoms with E-state index in [4.69, 9.17) is 11.6 Å². The molecule has 0 radical (unpaired) electrons. The molecule has 6 heteroatoms. The molecule has 0 saturated carbocycles. The van der Waals surface area contributed by atoms with E-state index in [9.17, 15) is 14.9 Å². The molecular formula is C14H17ClN2O3. The van der Waals surface area contributed by atoms with Crippen molar-refractivity contribution in [3.8, 4) is 0 Å². The number of halogens is 1. The van der Waals surface area contributed by atoms with Gasteiger partial charge in [-0.25, -0.2) is 0 Å². The summed E-state index contributed by atoms with van der Waals surface area (Å²) in [6, 6.07) is 4.55. The van der Waals surface area contributed by atoms with Gasteiger partial charge in [-0.1, -0.05) is 31.5 Å². The lowest BCUT2D eigenvalue weighted by Crippen LogP contribution is -2.32. The summed E-state index contributed by atoms with van der Waals surface area (Å²) >= 11 is 5.72. The fourth-order valence-electron chi connectivity index (χ4n) is 1.69. The van der Waals surface area contributed by atoms with Gasteiger partial charge in [0, 0.05) is 18.2 Å². The number of amides is 1. The van der Waals surface area contributed by atoms with Crippen LogP contribution < -0.4 is 5.32 Å². The largest absolute Gasteiger partial charge is 0.350 e. The normalized spacial score (nSPS) is 11.0. The first-order chi connectivity index (χ1) is 9.47. The second-order valence-electron chi connectivity index (χ2n) is 4.32. The Balaban J connectivity index is 2.78. The number of nitro benzene ring substituents is 1. The van der Waals surface area contributed by atoms with Crippen molar-refractivity contribution in [2.75, 3.05) is 0 Å². The topological polar surface area (TPSA) is 72.2 Å². The van der Waals surface area contributed by atoms with Gasteiger partial charge >= 0.3 is 0 Å². The molecule has 1 aromatic rings. The third kappa shape index (κ3) is 4.66. The third-order valence-electron chi connectivity index (χ3n) is 2.93. The van der Waals surface area contributed by atoms with Crippen molar-refractivity contribution in [3.63, 3.8) is 0 Å². The molecule has 5 nitrogen and oxygen atoms in total. The molecule has 0 aliphatic carbocycles. The van der Waals surface area contributed by atoms with Gasteiger partial charge in [0.1, 0.15) is 5.02 Å². The summed E-state index contributed by atoms with van der Waals surface area (Å²) in [4.78, 5) is 21.9. The quantitative estimate of drug-likeness (QED) is 0.495. The molecule has 0 aliphatic heterocycles. The number of carbonyl (C=O) groups excluding carboxylic acids is 1. The van der Waals surface area contributed by atoms with Crippen LogP contribution in [0.1, 0.15) is 32.3 Å². The molecular weight excluding hydrogens is 280 g/mol. The van der Waals surface area contributed by atoms with E-state index in [2.05, 4.69) is 5.32 Å². The Morgan fingerprint density at radius 3 is 2.65 bits per heavy atom. The van der Waals surface area contributed by atoms with E-state index in [0.717, 1.165) is 12.8 Å². The number of nitrogens with zero attached hydrogens (tertiary/aromatic N) is 1. The highest BCUT2D eigenvalue weighted by atomic mass is 35.5. The number of nitrogens with one attached hydrogen (secondary N) is 1.